The Bertz CT molecular complexity index is 2250. The van der Waals surface area contributed by atoms with Crippen molar-refractivity contribution in [2.24, 2.45) is 0 Å². The van der Waals surface area contributed by atoms with Crippen molar-refractivity contribution in [3.63, 3.8) is 0 Å². The summed E-state index contributed by atoms with van der Waals surface area (Å²) in [6.45, 7) is -2.19. The number of amides is 6. The molecule has 3 aromatic carbocycles. The maximum Gasteiger partial charge on any atom is 0.310 e. The van der Waals surface area contributed by atoms with Crippen molar-refractivity contribution in [3.8, 4) is 0 Å². The van der Waals surface area contributed by atoms with E-state index < -0.39 is 104 Å². The third kappa shape index (κ3) is 12.3. The zero-order chi connectivity index (χ0) is 47.2. The number of hydrogen-bond acceptors (Lipinski definition) is 15. The van der Waals surface area contributed by atoms with Crippen molar-refractivity contribution in [3.05, 3.63) is 84.4 Å². The maximum atomic E-state index is 13.3. The molecule has 0 bridgehead atoms. The van der Waals surface area contributed by atoms with Gasteiger partial charge in [-0.3, -0.25) is 48.2 Å². The molecule has 6 rings (SSSR count). The lowest BCUT2D eigenvalue weighted by Gasteiger charge is -2.26. The number of ether oxygens (including phenoxy) is 2. The Morgan fingerprint density at radius 1 is 0.738 bits per heavy atom. The van der Waals surface area contributed by atoms with Gasteiger partial charge in [-0.25, -0.2) is 0 Å². The topological polar surface area (TPSA) is 294 Å². The molecule has 3 heterocycles. The Morgan fingerprint density at radius 2 is 1.22 bits per heavy atom. The first-order valence-electron chi connectivity index (χ1n) is 20.3. The van der Waals surface area contributed by atoms with Crippen molar-refractivity contribution in [2.75, 3.05) is 73.1 Å². The fraction of sp³-hybridized carbons (Fsp3) is 0.372. The minimum absolute atomic E-state index is 0.00970. The number of rotatable bonds is 16. The molecular formula is C43H50N8O14. The molecule has 3 aliphatic rings. The minimum atomic E-state index is -1.26. The summed E-state index contributed by atoms with van der Waals surface area (Å²) in [6, 6.07) is 18.8. The van der Waals surface area contributed by atoms with Crippen LogP contribution in [0.3, 0.4) is 0 Å². The van der Waals surface area contributed by atoms with Gasteiger partial charge in [0.2, 0.25) is 29.9 Å². The zero-order valence-corrected chi connectivity index (χ0v) is 35.5. The molecule has 65 heavy (non-hydrogen) atoms. The number of aliphatic hydroxyl groups excluding tert-OH is 2. The van der Waals surface area contributed by atoms with Crippen LogP contribution in [0.1, 0.15) is 18.4 Å². The van der Waals surface area contributed by atoms with Crippen LogP contribution in [0.25, 0.3) is 0 Å². The monoisotopic (exact) mass is 902 g/mol. The average Bonchev–Trinajstić information content (AvgIpc) is 3.55. The molecule has 6 amide bonds. The van der Waals surface area contributed by atoms with E-state index in [2.05, 4.69) is 21.3 Å². The Labute approximate surface area is 372 Å². The first-order valence-corrected chi connectivity index (χ1v) is 20.3. The van der Waals surface area contributed by atoms with Crippen molar-refractivity contribution in [1.29, 1.82) is 0 Å². The predicted octanol–water partition coefficient (Wildman–Crippen LogP) is -1.97. The van der Waals surface area contributed by atoms with E-state index >= 15 is 0 Å². The Balaban J connectivity index is 0.000000250. The van der Waals surface area contributed by atoms with E-state index in [1.54, 1.807) is 55.6 Å². The van der Waals surface area contributed by atoms with Gasteiger partial charge in [0.05, 0.1) is 61.3 Å². The van der Waals surface area contributed by atoms with E-state index in [1.165, 1.54) is 21.7 Å². The number of carboxylic acid groups (broad SMARTS) is 1. The normalized spacial score (nSPS) is 19.6. The fourth-order valence-electron chi connectivity index (χ4n) is 7.24. The number of para-hydroxylation sites is 4. The summed E-state index contributed by atoms with van der Waals surface area (Å²) < 4.78 is 11.0. The zero-order valence-electron chi connectivity index (χ0n) is 35.5. The molecule has 1 saturated heterocycles. The predicted molar refractivity (Wildman–Crippen MR) is 230 cm³/mol. The number of carbonyl (C=O) groups excluding carboxylic acids is 8. The van der Waals surface area contributed by atoms with Gasteiger partial charge in [0, 0.05) is 0 Å². The number of aliphatic hydroxyl groups is 2. The molecule has 0 aliphatic carbocycles. The van der Waals surface area contributed by atoms with Gasteiger partial charge in [-0.15, -0.1) is 0 Å². The smallest absolute Gasteiger partial charge is 0.310 e. The van der Waals surface area contributed by atoms with Crippen LogP contribution in [0.15, 0.2) is 78.9 Å². The number of esters is 1. The minimum Gasteiger partial charge on any atom is -0.481 e. The number of fused-ring (bicyclic) bond motifs is 2. The lowest BCUT2D eigenvalue weighted by molar-refractivity contribution is -0.168. The van der Waals surface area contributed by atoms with Crippen LogP contribution in [-0.2, 0) is 59.2 Å². The molecule has 1 fully saturated rings. The number of aldehydes is 1. The van der Waals surface area contributed by atoms with E-state index in [1.807, 2.05) is 30.3 Å². The second kappa shape index (κ2) is 23.0. The lowest BCUT2D eigenvalue weighted by atomic mass is 10.2. The number of nitrogens with one attached hydrogen (secondary N) is 4. The third-order valence-electron chi connectivity index (χ3n) is 10.4. The molecule has 0 aromatic heterocycles. The highest BCUT2D eigenvalue weighted by Crippen LogP contribution is 2.34. The number of cyclic esters (lactones) is 1. The molecule has 7 N–H and O–H groups in total. The SMILES string of the molecule is CN[C@H]1CN(C(=O)CO)c2ccccc2N(CC(=O)N[C@H](C=O)CC(=O)O)C1=O.CN[C@H]1CN(C(=O)CO)c2ccccc2N(CC(=O)N[C@H]2CC(=O)OC2OCc2ccccc2)C1=O. The molecule has 0 spiro atoms. The van der Waals surface area contributed by atoms with E-state index in [4.69, 9.17) is 14.6 Å². The molecule has 3 aliphatic heterocycles. The van der Waals surface area contributed by atoms with Gasteiger partial charge in [-0.05, 0) is 43.9 Å². The number of nitrogens with zero attached hydrogens (tertiary/aromatic N) is 4. The summed E-state index contributed by atoms with van der Waals surface area (Å²) in [5.41, 5.74) is 2.25. The molecule has 22 heteroatoms. The van der Waals surface area contributed by atoms with Gasteiger partial charge in [-0.1, -0.05) is 54.6 Å². The molecule has 5 atom stereocenters. The van der Waals surface area contributed by atoms with Crippen molar-refractivity contribution in [1.82, 2.24) is 21.3 Å². The number of likely N-dealkylation sites (N-methyl/N-ethyl adjacent to an activating group) is 2. The van der Waals surface area contributed by atoms with Crippen LogP contribution in [0, 0.1) is 0 Å². The number of anilines is 4. The van der Waals surface area contributed by atoms with Crippen LogP contribution >= 0.6 is 0 Å². The lowest BCUT2D eigenvalue weighted by Crippen LogP contribution is -2.53. The highest BCUT2D eigenvalue weighted by molar-refractivity contribution is 6.10. The first-order chi connectivity index (χ1) is 31.2. The van der Waals surface area contributed by atoms with Gasteiger partial charge in [0.15, 0.2) is 0 Å². The first kappa shape index (κ1) is 48.9. The van der Waals surface area contributed by atoms with Crippen LogP contribution in [0.4, 0.5) is 22.7 Å². The molecule has 0 radical (unpaired) electrons. The Hall–Kier alpha value is -7.11. The standard InChI is InChI=1S/C25H28N4O7.C18H22N4O7/c1-26-18-12-28(22(32)14-30)19-9-5-6-10-20(19)29(24(18)34)13-21(31)27-17-11-23(33)36-25(17)35-15-16-7-3-2-4-8-16;1-19-12-7-21(16(26)10-24)13-4-2-3-5-14(13)22(18(12)29)8-15(25)20-11(9-23)6-17(27)28/h2-10,17-18,25-26,30H,11-15H2,1H3,(H,27,31);2-5,9,11-12,19,24H,6-8,10H2,1H3,(H,20,25)(H,27,28)/t17-,18-,25?;11-,12-/m00/s1. The second-order valence-electron chi connectivity index (χ2n) is 14.8. The largest absolute Gasteiger partial charge is 0.481 e. The molecule has 22 nitrogen and oxygen atoms in total. The summed E-state index contributed by atoms with van der Waals surface area (Å²) >= 11 is 0. The Kier molecular flexibility index (Phi) is 17.3. The van der Waals surface area contributed by atoms with Gasteiger partial charge in [0.25, 0.3) is 11.8 Å². The van der Waals surface area contributed by atoms with Gasteiger partial charge >= 0.3 is 11.9 Å². The highest BCUT2D eigenvalue weighted by Gasteiger charge is 2.40. The summed E-state index contributed by atoms with van der Waals surface area (Å²) in [7, 11) is 3.10. The number of benzene rings is 3. The Morgan fingerprint density at radius 3 is 1.68 bits per heavy atom. The average molecular weight is 903 g/mol. The quantitative estimate of drug-likeness (QED) is 0.0606. The molecule has 0 saturated carbocycles. The molecule has 346 valence electrons. The van der Waals surface area contributed by atoms with Crippen LogP contribution in [-0.4, -0.2) is 153 Å². The number of hydrogen-bond donors (Lipinski definition) is 7. The molecule has 1 unspecified atom stereocenters. The van der Waals surface area contributed by atoms with Gasteiger partial charge in [0.1, 0.15) is 50.7 Å². The van der Waals surface area contributed by atoms with Crippen LogP contribution in [0.5, 0.6) is 0 Å². The summed E-state index contributed by atoms with van der Waals surface area (Å²) in [5.74, 6) is -5.10. The van der Waals surface area contributed by atoms with Crippen LogP contribution in [0.2, 0.25) is 0 Å². The molecular weight excluding hydrogens is 853 g/mol. The third-order valence-corrected chi connectivity index (χ3v) is 10.4. The maximum absolute atomic E-state index is 13.3. The number of carbonyl (C=O) groups is 9. The van der Waals surface area contributed by atoms with E-state index in [0.717, 1.165) is 10.5 Å². The summed E-state index contributed by atoms with van der Waals surface area (Å²) in [5, 5.41) is 38.2. The van der Waals surface area contributed by atoms with Crippen LogP contribution < -0.4 is 40.9 Å². The van der Waals surface area contributed by atoms with E-state index in [-0.39, 0.29) is 38.3 Å². The van der Waals surface area contributed by atoms with Crippen molar-refractivity contribution in [2.45, 2.75) is 49.9 Å². The second-order valence-corrected chi connectivity index (χ2v) is 14.8. The van der Waals surface area contributed by atoms with Gasteiger partial charge in [-0.2, -0.15) is 0 Å². The van der Waals surface area contributed by atoms with Crippen molar-refractivity contribution >= 4 is 76.4 Å². The van der Waals surface area contributed by atoms with Gasteiger partial charge < -0.3 is 60.7 Å². The summed E-state index contributed by atoms with van der Waals surface area (Å²) in [6.07, 6.45) is -1.30. The number of aliphatic carboxylic acids is 1. The van der Waals surface area contributed by atoms with Crippen molar-refractivity contribution < 1.29 is 67.9 Å². The van der Waals surface area contributed by atoms with E-state index in [0.29, 0.717) is 23.3 Å². The fourth-order valence-corrected chi connectivity index (χ4v) is 7.24. The summed E-state index contributed by atoms with van der Waals surface area (Å²) in [4.78, 5) is 115. The molecule has 3 aromatic rings. The number of carboxylic acids is 1. The highest BCUT2D eigenvalue weighted by atomic mass is 16.7. The van der Waals surface area contributed by atoms with E-state index in [9.17, 15) is 53.4 Å².